The van der Waals surface area contributed by atoms with E-state index in [4.69, 9.17) is 5.73 Å². The molecule has 2 aliphatic heterocycles. The summed E-state index contributed by atoms with van der Waals surface area (Å²) in [5.74, 6) is -0.0498. The Balaban J connectivity index is 0.000000168. The number of pyridine rings is 1. The van der Waals surface area contributed by atoms with E-state index in [2.05, 4.69) is 40.0 Å². The molecule has 9 rings (SSSR count). The van der Waals surface area contributed by atoms with E-state index >= 15 is 0 Å². The van der Waals surface area contributed by atoms with Crippen LogP contribution in [0.4, 0.5) is 20.4 Å². The number of phenolic OH excluding ortho intramolecular Hbond substituents is 2. The van der Waals surface area contributed by atoms with E-state index in [-0.39, 0.29) is 52.3 Å². The minimum Gasteiger partial charge on any atom is -0.507 e. The molecule has 4 aromatic carbocycles. The van der Waals surface area contributed by atoms with Crippen molar-refractivity contribution in [1.29, 1.82) is 0 Å². The number of carbonyl (C=O) groups is 1. The quantitative estimate of drug-likeness (QED) is 0.140. The Morgan fingerprint density at radius 1 is 0.707 bits per heavy atom. The van der Waals surface area contributed by atoms with Crippen molar-refractivity contribution in [2.45, 2.75) is 38.8 Å². The first-order valence-corrected chi connectivity index (χ1v) is 19.0. The van der Waals surface area contributed by atoms with Gasteiger partial charge >= 0.3 is 0 Å². The van der Waals surface area contributed by atoms with E-state index in [9.17, 15) is 23.8 Å². The van der Waals surface area contributed by atoms with Gasteiger partial charge < -0.3 is 31.1 Å². The molecular formula is C44H41F2N9O3. The first-order chi connectivity index (χ1) is 28.0. The van der Waals surface area contributed by atoms with E-state index in [1.54, 1.807) is 24.4 Å². The molecule has 2 aliphatic rings. The van der Waals surface area contributed by atoms with Gasteiger partial charge in [0.1, 0.15) is 40.5 Å². The molecule has 0 unspecified atom stereocenters. The average molecular weight is 782 g/mol. The molecule has 2 atom stereocenters. The van der Waals surface area contributed by atoms with Crippen molar-refractivity contribution in [1.82, 2.24) is 30.2 Å². The number of nitrogens with zero attached hydrogens (tertiary/aromatic N) is 7. The summed E-state index contributed by atoms with van der Waals surface area (Å²) < 4.78 is 28.9. The number of nitrogens with one attached hydrogen (secondary N) is 1. The summed E-state index contributed by atoms with van der Waals surface area (Å²) in [5.41, 5.74) is 9.87. The van der Waals surface area contributed by atoms with Crippen LogP contribution in [-0.2, 0) is 0 Å². The van der Waals surface area contributed by atoms with Crippen LogP contribution >= 0.6 is 0 Å². The van der Waals surface area contributed by atoms with E-state index in [0.717, 1.165) is 52.6 Å². The maximum Gasteiger partial charge on any atom is 0.270 e. The molecule has 14 heteroatoms. The zero-order valence-corrected chi connectivity index (χ0v) is 31.9. The van der Waals surface area contributed by atoms with Crippen LogP contribution in [0.25, 0.3) is 44.6 Å². The van der Waals surface area contributed by atoms with Gasteiger partial charge in [0.2, 0.25) is 0 Å². The number of fused-ring (bicyclic) bond motifs is 2. The Kier molecular flexibility index (Phi) is 10.5. The molecule has 2 fully saturated rings. The standard InChI is InChI=1S/C25H22FN5O2.C19H19FN4O/c1-15-8-9-17-20(13-15)29-23(22-18(26)5-4-7-21(22)32)30-24(17)31-12-10-16(14-31)28-25(33)19-6-2-3-11-27-19;1-11-5-6-13-15(9-11)22-18(17-14(20)3-2-4-16(17)25)23-19(13)24-8-7-12(21)10-24/h2-9,11,13,16,32H,10,12,14H2,1H3,(H,28,33);2-6,9,12,25H,7-8,10,21H2,1H3/t16-;12-/m11/s1. The minimum absolute atomic E-state index is 0.0238. The smallest absolute Gasteiger partial charge is 0.270 e. The molecule has 5 N–H and O–H groups in total. The van der Waals surface area contributed by atoms with E-state index in [1.807, 2.05) is 50.2 Å². The van der Waals surface area contributed by atoms with Crippen molar-refractivity contribution < 1.29 is 23.8 Å². The molecule has 294 valence electrons. The fourth-order valence-electron chi connectivity index (χ4n) is 7.43. The molecule has 3 aromatic heterocycles. The van der Waals surface area contributed by atoms with Gasteiger partial charge in [-0.2, -0.15) is 0 Å². The van der Waals surface area contributed by atoms with Crippen LogP contribution in [0, 0.1) is 25.5 Å². The fourth-order valence-corrected chi connectivity index (χ4v) is 7.43. The van der Waals surface area contributed by atoms with Crippen molar-refractivity contribution in [2.24, 2.45) is 5.73 Å². The number of anilines is 2. The number of aromatic nitrogens is 5. The monoisotopic (exact) mass is 781 g/mol. The van der Waals surface area contributed by atoms with Crippen LogP contribution in [-0.4, -0.2) is 79.3 Å². The van der Waals surface area contributed by atoms with Crippen LogP contribution in [0.2, 0.25) is 0 Å². The second-order valence-corrected chi connectivity index (χ2v) is 14.7. The number of halogens is 2. The molecular weight excluding hydrogens is 741 g/mol. The predicted octanol–water partition coefficient (Wildman–Crippen LogP) is 6.84. The molecule has 0 aliphatic carbocycles. The van der Waals surface area contributed by atoms with Crippen molar-refractivity contribution in [3.05, 3.63) is 126 Å². The first kappa shape index (κ1) is 38.1. The van der Waals surface area contributed by atoms with Gasteiger partial charge in [0.25, 0.3) is 5.91 Å². The largest absolute Gasteiger partial charge is 0.507 e. The molecule has 0 saturated carbocycles. The number of aryl methyl sites for hydroxylation is 2. The van der Waals surface area contributed by atoms with Crippen LogP contribution in [0.3, 0.4) is 0 Å². The van der Waals surface area contributed by atoms with E-state index < -0.39 is 11.6 Å². The zero-order chi connectivity index (χ0) is 40.5. The van der Waals surface area contributed by atoms with Gasteiger partial charge in [-0.1, -0.05) is 30.3 Å². The van der Waals surface area contributed by atoms with Gasteiger partial charge in [-0.25, -0.2) is 28.7 Å². The number of phenols is 2. The van der Waals surface area contributed by atoms with Gasteiger partial charge in [0.15, 0.2) is 11.6 Å². The number of amides is 1. The summed E-state index contributed by atoms with van der Waals surface area (Å²) in [7, 11) is 0. The fraction of sp³-hybridized carbons (Fsp3) is 0.227. The number of benzene rings is 4. The van der Waals surface area contributed by atoms with Gasteiger partial charge in [-0.05, 0) is 98.5 Å². The zero-order valence-electron chi connectivity index (χ0n) is 31.9. The Morgan fingerprint density at radius 2 is 1.26 bits per heavy atom. The highest BCUT2D eigenvalue weighted by molar-refractivity contribution is 5.94. The average Bonchev–Trinajstić information content (AvgIpc) is 3.86. The Hall–Kier alpha value is -6.80. The Labute approximate surface area is 333 Å². The van der Waals surface area contributed by atoms with Crippen molar-refractivity contribution in [3.63, 3.8) is 0 Å². The lowest BCUT2D eigenvalue weighted by Gasteiger charge is -2.21. The van der Waals surface area contributed by atoms with Crippen LogP contribution in [0.1, 0.15) is 34.5 Å². The van der Waals surface area contributed by atoms with Crippen molar-refractivity contribution >= 4 is 39.3 Å². The highest BCUT2D eigenvalue weighted by atomic mass is 19.1. The summed E-state index contributed by atoms with van der Waals surface area (Å²) >= 11 is 0. The van der Waals surface area contributed by atoms with E-state index in [1.165, 1.54) is 36.4 Å². The van der Waals surface area contributed by atoms with Gasteiger partial charge in [0.05, 0.1) is 22.2 Å². The highest BCUT2D eigenvalue weighted by Crippen LogP contribution is 2.36. The number of hydrogen-bond acceptors (Lipinski definition) is 11. The summed E-state index contributed by atoms with van der Waals surface area (Å²) in [6, 6.07) is 25.3. The van der Waals surface area contributed by atoms with E-state index in [0.29, 0.717) is 36.7 Å². The molecule has 12 nitrogen and oxygen atoms in total. The van der Waals surface area contributed by atoms with Gasteiger partial charge in [-0.3, -0.25) is 9.78 Å². The maximum atomic E-state index is 14.6. The molecule has 7 aromatic rings. The second kappa shape index (κ2) is 16.0. The summed E-state index contributed by atoms with van der Waals surface area (Å²) in [6.45, 7) is 6.64. The summed E-state index contributed by atoms with van der Waals surface area (Å²) in [4.78, 5) is 39.1. The maximum absolute atomic E-state index is 14.6. The molecule has 5 heterocycles. The predicted molar refractivity (Wildman–Crippen MR) is 220 cm³/mol. The van der Waals surface area contributed by atoms with Crippen molar-refractivity contribution in [2.75, 3.05) is 36.0 Å². The highest BCUT2D eigenvalue weighted by Gasteiger charge is 2.29. The van der Waals surface area contributed by atoms with Crippen LogP contribution in [0.5, 0.6) is 11.5 Å². The van der Waals surface area contributed by atoms with Crippen LogP contribution in [0.15, 0.2) is 97.2 Å². The Morgan fingerprint density at radius 3 is 1.76 bits per heavy atom. The van der Waals surface area contributed by atoms with Crippen molar-refractivity contribution in [3.8, 4) is 34.3 Å². The lowest BCUT2D eigenvalue weighted by molar-refractivity contribution is 0.0935. The number of rotatable bonds is 6. The topological polar surface area (TPSA) is 167 Å². The third kappa shape index (κ3) is 7.78. The molecule has 0 bridgehead atoms. The number of aromatic hydroxyl groups is 2. The van der Waals surface area contributed by atoms with Gasteiger partial charge in [0, 0.05) is 55.2 Å². The first-order valence-electron chi connectivity index (χ1n) is 19.0. The number of hydrogen-bond donors (Lipinski definition) is 4. The molecule has 1 amide bonds. The third-order valence-electron chi connectivity index (χ3n) is 10.3. The van der Waals surface area contributed by atoms with Crippen LogP contribution < -0.4 is 20.9 Å². The third-order valence-corrected chi connectivity index (χ3v) is 10.3. The Bertz CT molecular complexity index is 2620. The molecule has 0 radical (unpaired) electrons. The molecule has 0 spiro atoms. The lowest BCUT2D eigenvalue weighted by Crippen LogP contribution is -2.37. The second-order valence-electron chi connectivity index (χ2n) is 14.7. The summed E-state index contributed by atoms with van der Waals surface area (Å²) in [6.07, 6.45) is 3.21. The normalized spacial score (nSPS) is 16.4. The lowest BCUT2D eigenvalue weighted by atomic mass is 10.1. The summed E-state index contributed by atoms with van der Waals surface area (Å²) in [5, 5.41) is 25.2. The number of nitrogens with two attached hydrogens (primary N) is 1. The number of carbonyl (C=O) groups excluding carboxylic acids is 1. The SMILES string of the molecule is Cc1ccc2c(N3CC[C@@H](N)C3)nc(-c3c(O)cccc3F)nc2c1.Cc1ccc2c(N3CC[C@@H](NC(=O)c4ccccn4)C3)nc(-c3c(O)cccc3F)nc2c1. The minimum atomic E-state index is -0.588. The van der Waals surface area contributed by atoms with Gasteiger partial charge in [-0.15, -0.1) is 0 Å². The molecule has 2 saturated heterocycles. The molecule has 58 heavy (non-hydrogen) atoms.